The molecule has 0 saturated heterocycles. The molecule has 2 aromatic heterocycles. The predicted octanol–water partition coefficient (Wildman–Crippen LogP) is 1.01. The molecule has 3 aromatic rings. The molecular formula is C18H21N5O3. The number of carbonyl (C=O) groups excluding carboxylic acids is 1. The number of para-hydroxylation sites is 2. The van der Waals surface area contributed by atoms with Crippen molar-refractivity contribution in [2.24, 2.45) is 0 Å². The van der Waals surface area contributed by atoms with Gasteiger partial charge in [0.2, 0.25) is 5.91 Å². The fourth-order valence-corrected chi connectivity index (χ4v) is 3.40. The van der Waals surface area contributed by atoms with Gasteiger partial charge in [-0.15, -0.1) is 0 Å². The molecule has 1 unspecified atom stereocenters. The SMILES string of the molecule is CC(O)c1cc2n(n1)CCN(C(=O)CCn1c(=O)[nH]c3ccccc31)C2. The van der Waals surface area contributed by atoms with E-state index in [-0.39, 0.29) is 18.0 Å². The maximum Gasteiger partial charge on any atom is 0.326 e. The van der Waals surface area contributed by atoms with Crippen molar-refractivity contribution in [3.8, 4) is 0 Å². The van der Waals surface area contributed by atoms with Crippen LogP contribution in [0.2, 0.25) is 0 Å². The van der Waals surface area contributed by atoms with E-state index in [2.05, 4.69) is 10.1 Å². The number of aryl methyl sites for hydroxylation is 1. The second kappa shape index (κ2) is 6.45. The number of rotatable bonds is 4. The van der Waals surface area contributed by atoms with Crippen molar-refractivity contribution >= 4 is 16.9 Å². The van der Waals surface area contributed by atoms with Crippen molar-refractivity contribution in [2.45, 2.75) is 39.1 Å². The van der Waals surface area contributed by atoms with Crippen LogP contribution in [0.4, 0.5) is 0 Å². The first-order chi connectivity index (χ1) is 12.5. The Labute approximate surface area is 149 Å². The van der Waals surface area contributed by atoms with E-state index in [1.54, 1.807) is 16.4 Å². The van der Waals surface area contributed by atoms with Crippen LogP contribution in [0, 0.1) is 0 Å². The summed E-state index contributed by atoms with van der Waals surface area (Å²) in [7, 11) is 0. The van der Waals surface area contributed by atoms with Crippen LogP contribution in [0.15, 0.2) is 35.1 Å². The Kier molecular flexibility index (Phi) is 4.12. The lowest BCUT2D eigenvalue weighted by molar-refractivity contribution is -0.132. The second-order valence-corrected chi connectivity index (χ2v) is 6.62. The van der Waals surface area contributed by atoms with E-state index in [9.17, 15) is 14.7 Å². The molecule has 0 aliphatic carbocycles. The fraction of sp³-hybridized carbons (Fsp3) is 0.389. The molecule has 4 rings (SSSR count). The molecule has 8 heteroatoms. The van der Waals surface area contributed by atoms with Gasteiger partial charge < -0.3 is 15.0 Å². The van der Waals surface area contributed by atoms with Crippen LogP contribution in [0.25, 0.3) is 11.0 Å². The van der Waals surface area contributed by atoms with Gasteiger partial charge in [-0.2, -0.15) is 5.10 Å². The third-order valence-corrected chi connectivity index (χ3v) is 4.83. The second-order valence-electron chi connectivity index (χ2n) is 6.62. The highest BCUT2D eigenvalue weighted by atomic mass is 16.3. The Morgan fingerprint density at radius 3 is 2.96 bits per heavy atom. The third-order valence-electron chi connectivity index (χ3n) is 4.83. The highest BCUT2D eigenvalue weighted by Gasteiger charge is 2.23. The van der Waals surface area contributed by atoms with Gasteiger partial charge in [-0.25, -0.2) is 4.79 Å². The maximum atomic E-state index is 12.6. The zero-order chi connectivity index (χ0) is 18.3. The number of nitrogens with one attached hydrogen (secondary N) is 1. The Balaban J connectivity index is 1.45. The molecule has 0 bridgehead atoms. The van der Waals surface area contributed by atoms with Gasteiger partial charge in [0.05, 0.1) is 41.6 Å². The largest absolute Gasteiger partial charge is 0.387 e. The number of H-pyrrole nitrogens is 1. The third kappa shape index (κ3) is 2.92. The number of aromatic amines is 1. The van der Waals surface area contributed by atoms with Crippen molar-refractivity contribution in [1.82, 2.24) is 24.2 Å². The molecule has 0 spiro atoms. The van der Waals surface area contributed by atoms with Gasteiger partial charge in [-0.3, -0.25) is 14.0 Å². The summed E-state index contributed by atoms with van der Waals surface area (Å²) in [6, 6.07) is 9.30. The van der Waals surface area contributed by atoms with Crippen LogP contribution in [0.1, 0.15) is 30.8 Å². The minimum Gasteiger partial charge on any atom is -0.387 e. The van der Waals surface area contributed by atoms with Gasteiger partial charge in [-0.1, -0.05) is 12.1 Å². The summed E-state index contributed by atoms with van der Waals surface area (Å²) in [4.78, 5) is 29.3. The zero-order valence-electron chi connectivity index (χ0n) is 14.6. The maximum absolute atomic E-state index is 12.6. The number of aliphatic hydroxyl groups is 1. The minimum absolute atomic E-state index is 0.00762. The molecule has 1 aliphatic rings. The monoisotopic (exact) mass is 355 g/mol. The van der Waals surface area contributed by atoms with Gasteiger partial charge in [0, 0.05) is 19.5 Å². The normalized spacial score (nSPS) is 15.2. The molecule has 1 aliphatic heterocycles. The highest BCUT2D eigenvalue weighted by Crippen LogP contribution is 2.18. The van der Waals surface area contributed by atoms with Crippen LogP contribution in [-0.4, -0.2) is 41.8 Å². The number of aromatic nitrogens is 4. The number of imidazole rings is 1. The average Bonchev–Trinajstić information content (AvgIpc) is 3.19. The zero-order valence-corrected chi connectivity index (χ0v) is 14.6. The molecule has 8 nitrogen and oxygen atoms in total. The van der Waals surface area contributed by atoms with Crippen LogP contribution in [0.5, 0.6) is 0 Å². The lowest BCUT2D eigenvalue weighted by Crippen LogP contribution is -2.39. The number of hydrogen-bond acceptors (Lipinski definition) is 4. The number of amides is 1. The molecule has 1 atom stereocenters. The molecule has 26 heavy (non-hydrogen) atoms. The summed E-state index contributed by atoms with van der Waals surface area (Å²) in [6.07, 6.45) is -0.356. The van der Waals surface area contributed by atoms with Crippen molar-refractivity contribution in [3.63, 3.8) is 0 Å². The van der Waals surface area contributed by atoms with Gasteiger partial charge in [0.25, 0.3) is 0 Å². The van der Waals surface area contributed by atoms with E-state index in [0.717, 1.165) is 16.7 Å². The molecule has 0 fully saturated rings. The number of benzene rings is 1. The summed E-state index contributed by atoms with van der Waals surface area (Å²) in [5.74, 6) is 0.00762. The van der Waals surface area contributed by atoms with Gasteiger partial charge in [0.1, 0.15) is 0 Å². The van der Waals surface area contributed by atoms with Crippen LogP contribution < -0.4 is 5.69 Å². The fourth-order valence-electron chi connectivity index (χ4n) is 3.40. The van der Waals surface area contributed by atoms with E-state index in [1.807, 2.05) is 35.0 Å². The van der Waals surface area contributed by atoms with Crippen molar-refractivity contribution < 1.29 is 9.90 Å². The smallest absolute Gasteiger partial charge is 0.326 e. The first-order valence-corrected chi connectivity index (χ1v) is 8.73. The standard InChI is InChI=1S/C18H21N5O3/c1-12(24)15-10-13-11-21(8-9-23(13)20-15)17(25)6-7-22-16-5-3-2-4-14(16)19-18(22)26/h2-5,10,12,24H,6-9,11H2,1H3,(H,19,26). The molecule has 1 aromatic carbocycles. The molecule has 1 amide bonds. The average molecular weight is 355 g/mol. The lowest BCUT2D eigenvalue weighted by atomic mass is 10.2. The molecule has 136 valence electrons. The van der Waals surface area contributed by atoms with Crippen LogP contribution >= 0.6 is 0 Å². The highest BCUT2D eigenvalue weighted by molar-refractivity contribution is 5.77. The topological polar surface area (TPSA) is 96.2 Å². The lowest BCUT2D eigenvalue weighted by Gasteiger charge is -2.27. The quantitative estimate of drug-likeness (QED) is 0.730. The van der Waals surface area contributed by atoms with Crippen molar-refractivity contribution in [1.29, 1.82) is 0 Å². The molecule has 2 N–H and O–H groups in total. The van der Waals surface area contributed by atoms with Crippen LogP contribution in [-0.2, 0) is 24.4 Å². The van der Waals surface area contributed by atoms with E-state index in [0.29, 0.717) is 31.9 Å². The number of hydrogen-bond donors (Lipinski definition) is 2. The van der Waals surface area contributed by atoms with Crippen molar-refractivity contribution in [3.05, 3.63) is 52.2 Å². The Hall–Kier alpha value is -2.87. The molecule has 0 saturated carbocycles. The number of carbonyl (C=O) groups is 1. The summed E-state index contributed by atoms with van der Waals surface area (Å²) in [5, 5.41) is 14.0. The van der Waals surface area contributed by atoms with Crippen LogP contribution in [0.3, 0.4) is 0 Å². The summed E-state index contributed by atoms with van der Waals surface area (Å²) in [5.41, 5.74) is 2.93. The first-order valence-electron chi connectivity index (χ1n) is 8.73. The first kappa shape index (κ1) is 16.6. The van der Waals surface area contributed by atoms with E-state index in [4.69, 9.17) is 0 Å². The molecular weight excluding hydrogens is 334 g/mol. The minimum atomic E-state index is -0.619. The Morgan fingerprint density at radius 2 is 2.15 bits per heavy atom. The Morgan fingerprint density at radius 1 is 1.35 bits per heavy atom. The van der Waals surface area contributed by atoms with Crippen molar-refractivity contribution in [2.75, 3.05) is 6.54 Å². The van der Waals surface area contributed by atoms with E-state index in [1.165, 1.54) is 0 Å². The van der Waals surface area contributed by atoms with Gasteiger partial charge in [-0.05, 0) is 25.1 Å². The predicted molar refractivity (Wildman–Crippen MR) is 95.5 cm³/mol. The molecule has 0 radical (unpaired) electrons. The van der Waals surface area contributed by atoms with Gasteiger partial charge >= 0.3 is 5.69 Å². The summed E-state index contributed by atoms with van der Waals surface area (Å²) >= 11 is 0. The number of aliphatic hydroxyl groups excluding tert-OH is 1. The number of nitrogens with zero attached hydrogens (tertiary/aromatic N) is 4. The van der Waals surface area contributed by atoms with E-state index >= 15 is 0 Å². The number of fused-ring (bicyclic) bond motifs is 2. The molecule has 3 heterocycles. The van der Waals surface area contributed by atoms with Gasteiger partial charge in [0.15, 0.2) is 0 Å². The Bertz CT molecular complexity index is 1010. The summed E-state index contributed by atoms with van der Waals surface area (Å²) in [6.45, 7) is 3.68. The summed E-state index contributed by atoms with van der Waals surface area (Å²) < 4.78 is 3.45. The van der Waals surface area contributed by atoms with E-state index < -0.39 is 6.10 Å².